The molecule has 0 bridgehead atoms. The molecule has 1 aliphatic rings. The fourth-order valence-electron chi connectivity index (χ4n) is 2.08. The molecule has 0 saturated heterocycles. The van der Waals surface area contributed by atoms with Crippen molar-refractivity contribution >= 4 is 17.8 Å². The topological polar surface area (TPSA) is 74.2 Å². The Labute approximate surface area is 135 Å². The lowest BCUT2D eigenvalue weighted by molar-refractivity contribution is -0.149. The van der Waals surface area contributed by atoms with E-state index in [1.165, 1.54) is 14.0 Å². The zero-order chi connectivity index (χ0) is 17.0. The molecular weight excluding hydrogens is 298 g/mol. The molecule has 0 fully saturated rings. The Morgan fingerprint density at radius 2 is 1.87 bits per heavy atom. The van der Waals surface area contributed by atoms with Gasteiger partial charge in [0.05, 0.1) is 18.7 Å². The number of carbonyl (C=O) groups excluding carboxylic acids is 2. The third kappa shape index (κ3) is 4.09. The summed E-state index contributed by atoms with van der Waals surface area (Å²) in [5, 5.41) is 0. The first-order chi connectivity index (χ1) is 10.9. The second-order valence-corrected chi connectivity index (χ2v) is 5.70. The van der Waals surface area contributed by atoms with Crippen LogP contribution in [0.4, 0.5) is 0 Å². The summed E-state index contributed by atoms with van der Waals surface area (Å²) in [6.07, 6.45) is -0.943. The van der Waals surface area contributed by atoms with Crippen molar-refractivity contribution in [3.63, 3.8) is 0 Å². The number of hydrogen-bond donors (Lipinski definition) is 0. The van der Waals surface area contributed by atoms with Crippen LogP contribution in [0.15, 0.2) is 29.3 Å². The van der Waals surface area contributed by atoms with Crippen LogP contribution < -0.4 is 0 Å². The molecule has 0 radical (unpaired) electrons. The minimum atomic E-state index is -0.943. The van der Waals surface area contributed by atoms with Gasteiger partial charge in [0.2, 0.25) is 5.90 Å². The van der Waals surface area contributed by atoms with Gasteiger partial charge in [-0.3, -0.25) is 0 Å². The van der Waals surface area contributed by atoms with E-state index >= 15 is 0 Å². The Morgan fingerprint density at radius 3 is 2.39 bits per heavy atom. The van der Waals surface area contributed by atoms with Gasteiger partial charge in [0.25, 0.3) is 0 Å². The zero-order valence-corrected chi connectivity index (χ0v) is 13.7. The van der Waals surface area contributed by atoms with Crippen LogP contribution in [0.2, 0.25) is 0 Å². The van der Waals surface area contributed by atoms with Crippen molar-refractivity contribution in [1.82, 2.24) is 0 Å². The first-order valence-corrected chi connectivity index (χ1v) is 7.52. The van der Waals surface area contributed by atoms with E-state index in [1.54, 1.807) is 24.3 Å². The minimum Gasteiger partial charge on any atom is -0.475 e. The Morgan fingerprint density at radius 1 is 1.22 bits per heavy atom. The van der Waals surface area contributed by atoms with E-state index in [0.717, 1.165) is 5.56 Å². The molecule has 1 unspecified atom stereocenters. The monoisotopic (exact) mass is 319 g/mol. The number of methoxy groups -OCH3 is 1. The third-order valence-electron chi connectivity index (χ3n) is 3.63. The van der Waals surface area contributed by atoms with Gasteiger partial charge >= 0.3 is 11.9 Å². The highest BCUT2D eigenvalue weighted by molar-refractivity contribution is 5.97. The minimum absolute atomic E-state index is 0.163. The number of ether oxygens (including phenoxy) is 3. The van der Waals surface area contributed by atoms with E-state index in [1.807, 2.05) is 0 Å². The summed E-state index contributed by atoms with van der Waals surface area (Å²) in [6, 6.07) is 6.91. The lowest BCUT2D eigenvalue weighted by Gasteiger charge is -2.11. The molecule has 1 aromatic carbocycles. The molecule has 6 heteroatoms. The number of rotatable bonds is 5. The van der Waals surface area contributed by atoms with E-state index in [4.69, 9.17) is 9.47 Å². The van der Waals surface area contributed by atoms with Gasteiger partial charge in [0.1, 0.15) is 6.61 Å². The van der Waals surface area contributed by atoms with E-state index < -0.39 is 18.0 Å². The van der Waals surface area contributed by atoms with Crippen LogP contribution in [0.3, 0.4) is 0 Å². The summed E-state index contributed by atoms with van der Waals surface area (Å²) in [5.74, 6) is -0.166. The molecule has 0 aliphatic carbocycles. The Balaban J connectivity index is 2.04. The summed E-state index contributed by atoms with van der Waals surface area (Å²) < 4.78 is 15.1. The van der Waals surface area contributed by atoms with Gasteiger partial charge in [-0.2, -0.15) is 0 Å². The van der Waals surface area contributed by atoms with Gasteiger partial charge in [-0.25, -0.2) is 14.6 Å². The molecule has 124 valence electrons. The average molecular weight is 319 g/mol. The highest BCUT2D eigenvalue weighted by Gasteiger charge is 2.23. The fraction of sp³-hybridized carbons (Fsp3) is 0.471. The molecule has 23 heavy (non-hydrogen) atoms. The molecule has 2 atom stereocenters. The molecule has 0 N–H and O–H groups in total. The summed E-state index contributed by atoms with van der Waals surface area (Å²) in [4.78, 5) is 27.8. The van der Waals surface area contributed by atoms with Crippen molar-refractivity contribution in [2.45, 2.75) is 32.9 Å². The van der Waals surface area contributed by atoms with E-state index in [-0.39, 0.29) is 6.04 Å². The predicted octanol–water partition coefficient (Wildman–Crippen LogP) is 2.21. The highest BCUT2D eigenvalue weighted by Crippen LogP contribution is 2.18. The normalized spacial score (nSPS) is 18.1. The average Bonchev–Trinajstić information content (AvgIpc) is 3.04. The first-order valence-electron chi connectivity index (χ1n) is 7.52. The summed E-state index contributed by atoms with van der Waals surface area (Å²) >= 11 is 0. The molecule has 1 heterocycles. The van der Waals surface area contributed by atoms with Crippen molar-refractivity contribution in [2.24, 2.45) is 10.9 Å². The Kier molecular flexibility index (Phi) is 5.36. The largest absolute Gasteiger partial charge is 0.475 e. The molecule has 1 aromatic rings. The molecule has 1 aliphatic heterocycles. The quantitative estimate of drug-likeness (QED) is 0.778. The standard InChI is InChI=1S/C17H21NO5/c1-10(2)14-9-22-15(18-14)12-5-7-13(8-6-12)17(20)23-11(3)16(19)21-4/h5-8,10-11,14H,9H2,1-4H3/t11-,14?/m0/s1. The Hall–Kier alpha value is -2.37. The number of hydrogen-bond acceptors (Lipinski definition) is 6. The molecule has 6 nitrogen and oxygen atoms in total. The molecular formula is C17H21NO5. The van der Waals surface area contributed by atoms with Gasteiger partial charge < -0.3 is 14.2 Å². The second kappa shape index (κ2) is 7.26. The third-order valence-corrected chi connectivity index (χ3v) is 3.63. The number of esters is 2. The van der Waals surface area contributed by atoms with E-state index in [0.29, 0.717) is 24.0 Å². The van der Waals surface area contributed by atoms with Crippen LogP contribution in [0.1, 0.15) is 36.7 Å². The van der Waals surface area contributed by atoms with Crippen molar-refractivity contribution in [3.8, 4) is 0 Å². The van der Waals surface area contributed by atoms with Crippen LogP contribution in [0.5, 0.6) is 0 Å². The van der Waals surface area contributed by atoms with Crippen LogP contribution in [0, 0.1) is 5.92 Å². The van der Waals surface area contributed by atoms with Crippen LogP contribution in [0.25, 0.3) is 0 Å². The van der Waals surface area contributed by atoms with Crippen molar-refractivity contribution in [2.75, 3.05) is 13.7 Å². The second-order valence-electron chi connectivity index (χ2n) is 5.70. The van der Waals surface area contributed by atoms with Crippen molar-refractivity contribution in [3.05, 3.63) is 35.4 Å². The molecule has 2 rings (SSSR count). The van der Waals surface area contributed by atoms with Crippen molar-refractivity contribution in [1.29, 1.82) is 0 Å². The molecule has 0 spiro atoms. The highest BCUT2D eigenvalue weighted by atomic mass is 16.6. The smallest absolute Gasteiger partial charge is 0.346 e. The van der Waals surface area contributed by atoms with Crippen molar-refractivity contribution < 1.29 is 23.8 Å². The van der Waals surface area contributed by atoms with Gasteiger partial charge in [0.15, 0.2) is 6.10 Å². The predicted molar refractivity (Wildman–Crippen MR) is 84.5 cm³/mol. The van der Waals surface area contributed by atoms with E-state index in [2.05, 4.69) is 23.6 Å². The Bertz CT molecular complexity index is 606. The summed E-state index contributed by atoms with van der Waals surface area (Å²) in [6.45, 7) is 6.24. The maximum Gasteiger partial charge on any atom is 0.346 e. The molecule has 0 aromatic heterocycles. The maximum atomic E-state index is 12.0. The SMILES string of the molecule is COC(=O)[C@H](C)OC(=O)c1ccc(C2=NC(C(C)C)CO2)cc1. The first kappa shape index (κ1) is 17.0. The number of aliphatic imine (C=N–C) groups is 1. The van der Waals surface area contributed by atoms with Crippen LogP contribution in [-0.2, 0) is 19.0 Å². The molecule has 0 amide bonds. The lowest BCUT2D eigenvalue weighted by Crippen LogP contribution is -2.25. The number of nitrogens with zero attached hydrogens (tertiary/aromatic N) is 1. The van der Waals surface area contributed by atoms with E-state index in [9.17, 15) is 9.59 Å². The number of carbonyl (C=O) groups is 2. The zero-order valence-electron chi connectivity index (χ0n) is 13.7. The summed E-state index contributed by atoms with van der Waals surface area (Å²) in [5.41, 5.74) is 1.16. The van der Waals surface area contributed by atoms with Gasteiger partial charge in [0, 0.05) is 5.56 Å². The molecule has 0 saturated carbocycles. The van der Waals surface area contributed by atoms with Crippen LogP contribution >= 0.6 is 0 Å². The fourth-order valence-corrected chi connectivity index (χ4v) is 2.08. The lowest BCUT2D eigenvalue weighted by atomic mass is 10.1. The van der Waals surface area contributed by atoms with Gasteiger partial charge in [-0.1, -0.05) is 13.8 Å². The van der Waals surface area contributed by atoms with Gasteiger partial charge in [-0.05, 0) is 37.1 Å². The van der Waals surface area contributed by atoms with Crippen LogP contribution in [-0.4, -0.2) is 43.7 Å². The van der Waals surface area contributed by atoms with Gasteiger partial charge in [-0.15, -0.1) is 0 Å². The summed E-state index contributed by atoms with van der Waals surface area (Å²) in [7, 11) is 1.24. The maximum absolute atomic E-state index is 12.0. The number of benzene rings is 1.